The van der Waals surface area contributed by atoms with E-state index < -0.39 is 0 Å². The molecule has 0 aromatic heterocycles. The number of amides is 1. The van der Waals surface area contributed by atoms with Crippen molar-refractivity contribution in [2.24, 2.45) is 0 Å². The summed E-state index contributed by atoms with van der Waals surface area (Å²) in [5.74, 6) is 0.402. The van der Waals surface area contributed by atoms with Crippen molar-refractivity contribution in [1.29, 1.82) is 5.26 Å². The van der Waals surface area contributed by atoms with E-state index >= 15 is 0 Å². The number of nitrogens with zero attached hydrogens (tertiary/aromatic N) is 1. The molecule has 5 heteroatoms. The molecule has 0 heterocycles. The van der Waals surface area contributed by atoms with Gasteiger partial charge in [0, 0.05) is 0 Å². The number of aliphatic hydroxyl groups excluding tert-OH is 1. The Bertz CT molecular complexity index is 403. The zero-order valence-corrected chi connectivity index (χ0v) is 10.8. The molecule has 0 aliphatic rings. The molecule has 1 atom stereocenters. The van der Waals surface area contributed by atoms with E-state index in [9.17, 15) is 9.90 Å². The van der Waals surface area contributed by atoms with E-state index in [1.54, 1.807) is 0 Å². The minimum atomic E-state index is -0.275. The maximum atomic E-state index is 11.5. The second-order valence-electron chi connectivity index (χ2n) is 3.79. The van der Waals surface area contributed by atoms with Gasteiger partial charge >= 0.3 is 0 Å². The van der Waals surface area contributed by atoms with E-state index in [-0.39, 0.29) is 24.3 Å². The molecule has 0 unspecified atom stereocenters. The van der Waals surface area contributed by atoms with Gasteiger partial charge in [-0.2, -0.15) is 5.26 Å². The summed E-state index contributed by atoms with van der Waals surface area (Å²) in [6.45, 7) is -0.0937. The molecule has 0 aliphatic heterocycles. The van der Waals surface area contributed by atoms with Crippen LogP contribution in [0.1, 0.15) is 5.56 Å². The number of hydrogen-bond acceptors (Lipinski definition) is 4. The van der Waals surface area contributed by atoms with Crippen molar-refractivity contribution < 1.29 is 9.90 Å². The molecule has 1 aromatic carbocycles. The predicted molar refractivity (Wildman–Crippen MR) is 72.1 cm³/mol. The van der Waals surface area contributed by atoms with E-state index in [1.165, 1.54) is 11.8 Å². The van der Waals surface area contributed by atoms with Gasteiger partial charge in [-0.15, -0.1) is 11.8 Å². The Morgan fingerprint density at radius 2 is 2.17 bits per heavy atom. The second-order valence-corrected chi connectivity index (χ2v) is 4.77. The number of nitrogens with one attached hydrogen (secondary N) is 1. The van der Waals surface area contributed by atoms with Gasteiger partial charge < -0.3 is 10.4 Å². The lowest BCUT2D eigenvalue weighted by Gasteiger charge is -2.16. The van der Waals surface area contributed by atoms with Gasteiger partial charge in [0.25, 0.3) is 0 Å². The van der Waals surface area contributed by atoms with Gasteiger partial charge in [-0.1, -0.05) is 30.3 Å². The Labute approximate surface area is 111 Å². The second kappa shape index (κ2) is 8.56. The summed E-state index contributed by atoms with van der Waals surface area (Å²) < 4.78 is 0. The number of benzene rings is 1. The van der Waals surface area contributed by atoms with E-state index in [4.69, 9.17) is 5.26 Å². The fraction of sp³-hybridized carbons (Fsp3) is 0.385. The van der Waals surface area contributed by atoms with Gasteiger partial charge in [0.1, 0.15) is 0 Å². The third-order valence-corrected chi connectivity index (χ3v) is 3.11. The number of thioether (sulfide) groups is 1. The third kappa shape index (κ3) is 5.71. The summed E-state index contributed by atoms with van der Waals surface area (Å²) in [5, 5.41) is 20.3. The number of rotatable bonds is 7. The van der Waals surface area contributed by atoms with Crippen LogP contribution in [0.5, 0.6) is 0 Å². The predicted octanol–water partition coefficient (Wildman–Crippen LogP) is 0.963. The number of hydrogen-bond donors (Lipinski definition) is 2. The van der Waals surface area contributed by atoms with Crippen LogP contribution in [-0.2, 0) is 11.2 Å². The van der Waals surface area contributed by atoms with Crippen LogP contribution in [0.25, 0.3) is 0 Å². The molecular formula is C13H16N2O2S. The van der Waals surface area contributed by atoms with E-state index in [1.807, 2.05) is 36.4 Å². The molecule has 4 nitrogen and oxygen atoms in total. The molecule has 0 fully saturated rings. The van der Waals surface area contributed by atoms with Gasteiger partial charge in [0.05, 0.1) is 30.2 Å². The Hall–Kier alpha value is -1.51. The van der Waals surface area contributed by atoms with E-state index in [2.05, 4.69) is 5.32 Å². The molecule has 1 rings (SSSR count). The van der Waals surface area contributed by atoms with Crippen LogP contribution in [0.4, 0.5) is 0 Å². The van der Waals surface area contributed by atoms with E-state index in [0.717, 1.165) is 5.56 Å². The van der Waals surface area contributed by atoms with Crippen LogP contribution in [0.2, 0.25) is 0 Å². The average Bonchev–Trinajstić information content (AvgIpc) is 2.39. The van der Waals surface area contributed by atoms with Crippen LogP contribution in [-0.4, -0.2) is 35.2 Å². The molecule has 0 saturated carbocycles. The molecule has 0 radical (unpaired) electrons. The normalized spacial score (nSPS) is 11.6. The molecule has 2 N–H and O–H groups in total. The van der Waals surface area contributed by atoms with Crippen LogP contribution >= 0.6 is 11.8 Å². The molecule has 18 heavy (non-hydrogen) atoms. The zero-order valence-electron chi connectivity index (χ0n) is 10.0. The fourth-order valence-electron chi connectivity index (χ4n) is 1.52. The third-order valence-electron chi connectivity index (χ3n) is 2.31. The molecule has 0 saturated heterocycles. The molecule has 96 valence electrons. The van der Waals surface area contributed by atoms with Crippen LogP contribution in [0, 0.1) is 11.3 Å². The lowest BCUT2D eigenvalue weighted by molar-refractivity contribution is -0.119. The average molecular weight is 264 g/mol. The molecule has 1 aromatic rings. The lowest BCUT2D eigenvalue weighted by atomic mass is 10.1. The van der Waals surface area contributed by atoms with Gasteiger partial charge in [-0.05, 0) is 12.0 Å². The SMILES string of the molecule is N#CCSCC(=O)N[C@H](CO)Cc1ccccc1. The summed E-state index contributed by atoms with van der Waals surface area (Å²) >= 11 is 1.27. The van der Waals surface area contributed by atoms with Crippen molar-refractivity contribution in [1.82, 2.24) is 5.32 Å². The Kier molecular flexibility index (Phi) is 6.92. The summed E-state index contributed by atoms with van der Waals surface area (Å²) in [6, 6.07) is 11.4. The van der Waals surface area contributed by atoms with E-state index in [0.29, 0.717) is 12.2 Å². The summed E-state index contributed by atoms with van der Waals surface area (Å²) in [7, 11) is 0. The molecule has 0 bridgehead atoms. The quantitative estimate of drug-likeness (QED) is 0.720. The summed E-state index contributed by atoms with van der Waals surface area (Å²) in [6.07, 6.45) is 0.603. The number of carbonyl (C=O) groups excluding carboxylic acids is 1. The van der Waals surface area contributed by atoms with Crippen molar-refractivity contribution >= 4 is 17.7 Å². The first kappa shape index (κ1) is 14.6. The summed E-state index contributed by atoms with van der Waals surface area (Å²) in [4.78, 5) is 11.5. The first-order valence-electron chi connectivity index (χ1n) is 5.65. The van der Waals surface area contributed by atoms with Gasteiger partial charge in [0.2, 0.25) is 5.91 Å². The van der Waals surface area contributed by atoms with Gasteiger partial charge in [0.15, 0.2) is 0 Å². The minimum Gasteiger partial charge on any atom is -0.394 e. The topological polar surface area (TPSA) is 73.1 Å². The van der Waals surface area contributed by atoms with Crippen LogP contribution in [0.3, 0.4) is 0 Å². The first-order chi connectivity index (χ1) is 8.76. The number of aliphatic hydroxyl groups is 1. The summed E-state index contributed by atoms with van der Waals surface area (Å²) in [5.41, 5.74) is 1.07. The number of carbonyl (C=O) groups is 1. The minimum absolute atomic E-state index is 0.0937. The maximum Gasteiger partial charge on any atom is 0.230 e. The van der Waals surface area contributed by atoms with Crippen LogP contribution < -0.4 is 5.32 Å². The highest BCUT2D eigenvalue weighted by molar-refractivity contribution is 8.00. The smallest absolute Gasteiger partial charge is 0.230 e. The largest absolute Gasteiger partial charge is 0.394 e. The standard InChI is InChI=1S/C13H16N2O2S/c14-6-7-18-10-13(17)15-12(9-16)8-11-4-2-1-3-5-11/h1-5,12,16H,7-10H2,(H,15,17)/t12-/m0/s1. The zero-order chi connectivity index (χ0) is 13.2. The monoisotopic (exact) mass is 264 g/mol. The fourth-order valence-corrected chi connectivity index (χ4v) is 1.98. The Morgan fingerprint density at radius 3 is 2.78 bits per heavy atom. The van der Waals surface area contributed by atoms with Crippen molar-refractivity contribution in [3.8, 4) is 6.07 Å². The molecule has 0 aliphatic carbocycles. The maximum absolute atomic E-state index is 11.5. The van der Waals surface area contributed by atoms with Crippen molar-refractivity contribution in [2.75, 3.05) is 18.1 Å². The van der Waals surface area contributed by atoms with Crippen LogP contribution in [0.15, 0.2) is 30.3 Å². The van der Waals surface area contributed by atoms with Gasteiger partial charge in [-0.3, -0.25) is 4.79 Å². The Morgan fingerprint density at radius 1 is 1.44 bits per heavy atom. The van der Waals surface area contributed by atoms with Gasteiger partial charge in [-0.25, -0.2) is 0 Å². The first-order valence-corrected chi connectivity index (χ1v) is 6.80. The molecule has 1 amide bonds. The van der Waals surface area contributed by atoms with Crippen molar-refractivity contribution in [3.63, 3.8) is 0 Å². The molecule has 0 spiro atoms. The number of nitriles is 1. The molecular weight excluding hydrogens is 248 g/mol. The highest BCUT2D eigenvalue weighted by atomic mass is 32.2. The Balaban J connectivity index is 2.38. The van der Waals surface area contributed by atoms with Crippen molar-refractivity contribution in [2.45, 2.75) is 12.5 Å². The highest BCUT2D eigenvalue weighted by Gasteiger charge is 2.11. The highest BCUT2D eigenvalue weighted by Crippen LogP contribution is 2.04. The lowest BCUT2D eigenvalue weighted by Crippen LogP contribution is -2.40. The van der Waals surface area contributed by atoms with Crippen molar-refractivity contribution in [3.05, 3.63) is 35.9 Å².